The van der Waals surface area contributed by atoms with Gasteiger partial charge in [0.2, 0.25) is 0 Å². The van der Waals surface area contributed by atoms with Gasteiger partial charge in [0.25, 0.3) is 0 Å². The Labute approximate surface area is 188 Å². The van der Waals surface area contributed by atoms with E-state index in [1.807, 2.05) is 84.9 Å². The summed E-state index contributed by atoms with van der Waals surface area (Å²) in [5.74, 6) is 0. The summed E-state index contributed by atoms with van der Waals surface area (Å²) in [6.45, 7) is 0. The topological polar surface area (TPSA) is 66.9 Å². The highest BCUT2D eigenvalue weighted by Crippen LogP contribution is 2.29. The second kappa shape index (κ2) is 8.46. The van der Waals surface area contributed by atoms with Crippen LogP contribution in [0.1, 0.15) is 10.6 Å². The monoisotopic (exact) mass is 432 g/mol. The van der Waals surface area contributed by atoms with E-state index in [9.17, 15) is 10.1 Å². The molecule has 2 aromatic heterocycles. The lowest BCUT2D eigenvalue weighted by molar-refractivity contribution is 0.563. The summed E-state index contributed by atoms with van der Waals surface area (Å²) in [5.41, 5.74) is 2.45. The average Bonchev–Trinajstić information content (AvgIpc) is 3.31. The Morgan fingerprint density at radius 3 is 2.66 bits per heavy atom. The normalized spacial score (nSPS) is 11.9. The van der Waals surface area contributed by atoms with E-state index < -0.39 is 5.63 Å². The van der Waals surface area contributed by atoms with Gasteiger partial charge in [-0.1, -0.05) is 72.8 Å². The molecule has 0 aliphatic rings. The predicted molar refractivity (Wildman–Crippen MR) is 130 cm³/mol. The molecule has 0 atom stereocenters. The third kappa shape index (κ3) is 3.76. The highest BCUT2D eigenvalue weighted by molar-refractivity contribution is 7.11. The molecule has 0 aliphatic heterocycles. The molecular formula is C27H16N2O2S. The Morgan fingerprint density at radius 1 is 1.00 bits per heavy atom. The fourth-order valence-corrected chi connectivity index (χ4v) is 4.34. The van der Waals surface area contributed by atoms with Gasteiger partial charge in [-0.3, -0.25) is 0 Å². The lowest BCUT2D eigenvalue weighted by atomic mass is 10.0. The molecule has 0 radical (unpaired) electrons. The van der Waals surface area contributed by atoms with Crippen molar-refractivity contribution in [1.29, 1.82) is 5.26 Å². The van der Waals surface area contributed by atoms with Crippen molar-refractivity contribution < 1.29 is 4.42 Å². The molecule has 5 rings (SSSR count). The SMILES string of the molecule is N#C/C(=C/C=C/c1ccccc1)c1nc(-c2cc3c(ccc4ccccc43)oc2=O)cs1. The molecule has 4 nitrogen and oxygen atoms in total. The molecule has 152 valence electrons. The number of allylic oxidation sites excluding steroid dienone is 3. The van der Waals surface area contributed by atoms with Gasteiger partial charge in [-0.15, -0.1) is 11.3 Å². The van der Waals surface area contributed by atoms with E-state index in [-0.39, 0.29) is 0 Å². The zero-order valence-corrected chi connectivity index (χ0v) is 17.7. The fourth-order valence-electron chi connectivity index (χ4n) is 3.55. The number of aromatic nitrogens is 1. The maximum atomic E-state index is 12.7. The molecule has 0 N–H and O–H groups in total. The molecule has 0 aliphatic carbocycles. The quantitative estimate of drug-likeness (QED) is 0.137. The molecule has 3 aromatic carbocycles. The fraction of sp³-hybridized carbons (Fsp3) is 0. The standard InChI is InChI=1S/C27H16N2O2S/c28-16-20(11-6-9-18-7-2-1-3-8-18)26-29-24(17-32-26)23-15-22-21-12-5-4-10-19(21)13-14-25(22)31-27(23)30/h1-15,17H/b9-6+,20-11-. The number of nitrogens with zero attached hydrogens (tertiary/aromatic N) is 2. The van der Waals surface area contributed by atoms with Crippen molar-refractivity contribution in [3.63, 3.8) is 0 Å². The van der Waals surface area contributed by atoms with Crippen molar-refractivity contribution in [3.8, 4) is 17.3 Å². The van der Waals surface area contributed by atoms with Crippen LogP contribution in [0, 0.1) is 11.3 Å². The molecule has 0 spiro atoms. The molecule has 0 saturated heterocycles. The van der Waals surface area contributed by atoms with Crippen LogP contribution in [0.5, 0.6) is 0 Å². The van der Waals surface area contributed by atoms with Crippen LogP contribution in [-0.2, 0) is 0 Å². The van der Waals surface area contributed by atoms with Gasteiger partial charge in [-0.25, -0.2) is 9.78 Å². The van der Waals surface area contributed by atoms with Gasteiger partial charge in [-0.05, 0) is 34.5 Å². The smallest absolute Gasteiger partial charge is 0.345 e. The summed E-state index contributed by atoms with van der Waals surface area (Å²) in [4.78, 5) is 17.2. The zero-order chi connectivity index (χ0) is 21.9. The number of rotatable bonds is 4. The molecule has 0 unspecified atom stereocenters. The number of hydrogen-bond acceptors (Lipinski definition) is 5. The minimum atomic E-state index is -0.448. The summed E-state index contributed by atoms with van der Waals surface area (Å²) in [7, 11) is 0. The van der Waals surface area contributed by atoms with Gasteiger partial charge in [0.15, 0.2) is 0 Å². The van der Waals surface area contributed by atoms with Crippen LogP contribution >= 0.6 is 11.3 Å². The first-order chi connectivity index (χ1) is 15.7. The lowest BCUT2D eigenvalue weighted by Crippen LogP contribution is -2.03. The van der Waals surface area contributed by atoms with Crippen LogP contribution in [0.4, 0.5) is 0 Å². The van der Waals surface area contributed by atoms with E-state index in [1.54, 1.807) is 11.5 Å². The van der Waals surface area contributed by atoms with Gasteiger partial charge >= 0.3 is 5.63 Å². The third-order valence-corrected chi connectivity index (χ3v) is 6.00. The number of thiazole rings is 1. The maximum Gasteiger partial charge on any atom is 0.345 e. The molecule has 32 heavy (non-hydrogen) atoms. The first-order valence-electron chi connectivity index (χ1n) is 9.98. The van der Waals surface area contributed by atoms with Crippen molar-refractivity contribution in [2.75, 3.05) is 0 Å². The second-order valence-corrected chi connectivity index (χ2v) is 8.00. The van der Waals surface area contributed by atoms with E-state index >= 15 is 0 Å². The van der Waals surface area contributed by atoms with Crippen LogP contribution in [0.3, 0.4) is 0 Å². The molecule has 5 heteroatoms. The first kappa shape index (κ1) is 19.7. The van der Waals surface area contributed by atoms with Crippen molar-refractivity contribution in [2.24, 2.45) is 0 Å². The van der Waals surface area contributed by atoms with Gasteiger partial charge in [0, 0.05) is 10.8 Å². The van der Waals surface area contributed by atoms with E-state index in [0.717, 1.165) is 21.7 Å². The van der Waals surface area contributed by atoms with Crippen LogP contribution in [0.25, 0.3) is 44.6 Å². The maximum absolute atomic E-state index is 12.7. The van der Waals surface area contributed by atoms with Crippen molar-refractivity contribution in [2.45, 2.75) is 0 Å². The average molecular weight is 433 g/mol. The van der Waals surface area contributed by atoms with E-state index in [4.69, 9.17) is 4.42 Å². The molecule has 5 aromatic rings. The number of nitriles is 1. The third-order valence-electron chi connectivity index (χ3n) is 5.12. The Morgan fingerprint density at radius 2 is 1.81 bits per heavy atom. The van der Waals surface area contributed by atoms with E-state index in [0.29, 0.717) is 27.4 Å². The van der Waals surface area contributed by atoms with Crippen molar-refractivity contribution >= 4 is 44.7 Å². The van der Waals surface area contributed by atoms with Gasteiger partial charge < -0.3 is 4.42 Å². The number of hydrogen-bond donors (Lipinski definition) is 0. The largest absolute Gasteiger partial charge is 0.422 e. The highest BCUT2D eigenvalue weighted by Gasteiger charge is 2.14. The summed E-state index contributed by atoms with van der Waals surface area (Å²) >= 11 is 1.32. The van der Waals surface area contributed by atoms with Crippen molar-refractivity contribution in [1.82, 2.24) is 4.98 Å². The highest BCUT2D eigenvalue weighted by atomic mass is 32.1. The molecular weight excluding hydrogens is 416 g/mol. The predicted octanol–water partition coefficient (Wildman–Crippen LogP) is 6.69. The van der Waals surface area contributed by atoms with Crippen LogP contribution < -0.4 is 5.63 Å². The van der Waals surface area contributed by atoms with Crippen LogP contribution in [0.15, 0.2) is 99.5 Å². The number of fused-ring (bicyclic) bond motifs is 3. The Hall–Kier alpha value is -4.27. The number of benzene rings is 3. The minimum Gasteiger partial charge on any atom is -0.422 e. The summed E-state index contributed by atoms with van der Waals surface area (Å²) in [6.07, 6.45) is 5.48. The van der Waals surface area contributed by atoms with E-state index in [2.05, 4.69) is 11.1 Å². The van der Waals surface area contributed by atoms with Gasteiger partial charge in [-0.2, -0.15) is 5.26 Å². The van der Waals surface area contributed by atoms with Gasteiger partial charge in [0.1, 0.15) is 16.7 Å². The minimum absolute atomic E-state index is 0.383. The Kier molecular flexibility index (Phi) is 5.20. The lowest BCUT2D eigenvalue weighted by Gasteiger charge is -2.04. The zero-order valence-electron chi connectivity index (χ0n) is 16.9. The Balaban J connectivity index is 1.53. The molecule has 0 bridgehead atoms. The first-order valence-corrected chi connectivity index (χ1v) is 10.9. The molecule has 0 amide bonds. The summed E-state index contributed by atoms with van der Waals surface area (Å²) in [6, 6.07) is 25.6. The van der Waals surface area contributed by atoms with Crippen LogP contribution in [0.2, 0.25) is 0 Å². The Bertz CT molecular complexity index is 1600. The summed E-state index contributed by atoms with van der Waals surface area (Å²) < 4.78 is 5.58. The molecule has 0 fully saturated rings. The van der Waals surface area contributed by atoms with Crippen molar-refractivity contribution in [3.05, 3.63) is 111 Å². The molecule has 2 heterocycles. The second-order valence-electron chi connectivity index (χ2n) is 7.15. The van der Waals surface area contributed by atoms with E-state index in [1.165, 1.54) is 11.3 Å². The van der Waals surface area contributed by atoms with Gasteiger partial charge in [0.05, 0.1) is 16.8 Å². The summed E-state index contributed by atoms with van der Waals surface area (Å²) in [5, 5.41) is 14.9. The van der Waals surface area contributed by atoms with Crippen LogP contribution in [-0.4, -0.2) is 4.98 Å². The molecule has 0 saturated carbocycles.